The number of ether oxygens (including phenoxy) is 1. The molecule has 1 aliphatic carbocycles. The third-order valence-electron chi connectivity index (χ3n) is 2.57. The third-order valence-corrected chi connectivity index (χ3v) is 2.57. The van der Waals surface area contributed by atoms with Gasteiger partial charge < -0.3 is 9.84 Å². The molecule has 5 heteroatoms. The number of aliphatic hydroxyl groups is 1. The highest BCUT2D eigenvalue weighted by atomic mass is 16.6. The van der Waals surface area contributed by atoms with Crippen molar-refractivity contribution in [2.75, 3.05) is 6.61 Å². The predicted molar refractivity (Wildman–Crippen MR) is 57.2 cm³/mol. The molecule has 86 valence electrons. The molecule has 0 spiro atoms. The molecule has 5 nitrogen and oxygen atoms in total. The first-order chi connectivity index (χ1) is 7.70. The van der Waals surface area contributed by atoms with Gasteiger partial charge in [0, 0.05) is 6.07 Å². The van der Waals surface area contributed by atoms with Crippen molar-refractivity contribution in [1.82, 2.24) is 0 Å². The van der Waals surface area contributed by atoms with E-state index < -0.39 is 4.92 Å². The Bertz CT molecular complexity index is 401. The van der Waals surface area contributed by atoms with Crippen molar-refractivity contribution in [3.8, 4) is 5.75 Å². The van der Waals surface area contributed by atoms with Crippen molar-refractivity contribution in [1.29, 1.82) is 0 Å². The number of benzene rings is 1. The fraction of sp³-hybridized carbons (Fsp3) is 0.455. The Hall–Kier alpha value is -1.62. The molecule has 0 bridgehead atoms. The second-order valence-electron chi connectivity index (χ2n) is 3.97. The van der Waals surface area contributed by atoms with Crippen LogP contribution in [0.5, 0.6) is 5.75 Å². The minimum absolute atomic E-state index is 0.0767. The molecular formula is C11H13NO4. The summed E-state index contributed by atoms with van der Waals surface area (Å²) in [7, 11) is 0. The van der Waals surface area contributed by atoms with E-state index in [1.54, 1.807) is 12.1 Å². The van der Waals surface area contributed by atoms with Crippen LogP contribution in [0.15, 0.2) is 18.2 Å². The van der Waals surface area contributed by atoms with Gasteiger partial charge in [-0.05, 0) is 30.4 Å². The summed E-state index contributed by atoms with van der Waals surface area (Å²) in [6.07, 6.45) is 2.28. The van der Waals surface area contributed by atoms with Crippen LogP contribution in [0.3, 0.4) is 0 Å². The average Bonchev–Trinajstić information content (AvgIpc) is 3.09. The minimum atomic E-state index is -0.485. The maximum atomic E-state index is 10.8. The highest BCUT2D eigenvalue weighted by Gasteiger charge is 2.24. The Balaban J connectivity index is 2.16. The number of nitro benzene ring substituents is 1. The van der Waals surface area contributed by atoms with E-state index in [1.165, 1.54) is 6.07 Å². The van der Waals surface area contributed by atoms with Crippen molar-refractivity contribution in [3.05, 3.63) is 33.9 Å². The van der Waals surface area contributed by atoms with E-state index in [0.717, 1.165) is 12.8 Å². The first kappa shape index (κ1) is 10.9. The van der Waals surface area contributed by atoms with Crippen LogP contribution >= 0.6 is 0 Å². The first-order valence-corrected chi connectivity index (χ1v) is 5.21. The van der Waals surface area contributed by atoms with Gasteiger partial charge in [0.1, 0.15) is 0 Å². The molecule has 1 aromatic rings. The van der Waals surface area contributed by atoms with Crippen LogP contribution in [0.2, 0.25) is 0 Å². The van der Waals surface area contributed by atoms with E-state index >= 15 is 0 Å². The van der Waals surface area contributed by atoms with Gasteiger partial charge in [-0.1, -0.05) is 6.07 Å². The summed E-state index contributed by atoms with van der Waals surface area (Å²) in [4.78, 5) is 10.3. The SMILES string of the molecule is O=[N+]([O-])c1cc(CO)ccc1OCC1CC1. The summed E-state index contributed by atoms with van der Waals surface area (Å²) in [5.74, 6) is 0.839. The largest absolute Gasteiger partial charge is 0.487 e. The van der Waals surface area contributed by atoms with Gasteiger partial charge in [0.2, 0.25) is 0 Å². The maximum Gasteiger partial charge on any atom is 0.311 e. The zero-order chi connectivity index (χ0) is 11.5. The van der Waals surface area contributed by atoms with Crippen LogP contribution in [0, 0.1) is 16.0 Å². The molecule has 0 heterocycles. The van der Waals surface area contributed by atoms with Gasteiger partial charge in [-0.2, -0.15) is 0 Å². The number of nitro groups is 1. The van der Waals surface area contributed by atoms with Crippen molar-refractivity contribution < 1.29 is 14.8 Å². The van der Waals surface area contributed by atoms with E-state index in [-0.39, 0.29) is 18.0 Å². The van der Waals surface area contributed by atoms with Gasteiger partial charge in [-0.3, -0.25) is 10.1 Å². The molecule has 0 saturated heterocycles. The van der Waals surface area contributed by atoms with Crippen molar-refractivity contribution >= 4 is 5.69 Å². The molecule has 1 aliphatic rings. The normalized spacial score (nSPS) is 14.8. The van der Waals surface area contributed by atoms with Crippen LogP contribution < -0.4 is 4.74 Å². The van der Waals surface area contributed by atoms with E-state index in [4.69, 9.17) is 9.84 Å². The number of hydrogen-bond acceptors (Lipinski definition) is 4. The summed E-state index contributed by atoms with van der Waals surface area (Å²) in [5.41, 5.74) is 0.442. The van der Waals surface area contributed by atoms with E-state index in [1.807, 2.05) is 0 Å². The van der Waals surface area contributed by atoms with Gasteiger partial charge in [-0.15, -0.1) is 0 Å². The fourth-order valence-electron chi connectivity index (χ4n) is 1.42. The standard InChI is InChI=1S/C11H13NO4/c13-6-9-3-4-11(10(5-9)12(14)15)16-7-8-1-2-8/h3-5,8,13H,1-2,6-7H2. The fourth-order valence-corrected chi connectivity index (χ4v) is 1.42. The molecule has 0 aromatic heterocycles. The maximum absolute atomic E-state index is 10.8. The zero-order valence-corrected chi connectivity index (χ0v) is 8.76. The molecule has 1 aromatic carbocycles. The number of rotatable bonds is 5. The summed E-state index contributed by atoms with van der Waals surface area (Å²) >= 11 is 0. The Labute approximate surface area is 92.8 Å². The predicted octanol–water partition coefficient (Wildman–Crippen LogP) is 1.88. The van der Waals surface area contributed by atoms with Crippen LogP contribution in [0.25, 0.3) is 0 Å². The van der Waals surface area contributed by atoms with Crippen molar-refractivity contribution in [3.63, 3.8) is 0 Å². The number of hydrogen-bond donors (Lipinski definition) is 1. The van der Waals surface area contributed by atoms with Gasteiger partial charge in [0.15, 0.2) is 5.75 Å². The highest BCUT2D eigenvalue weighted by Crippen LogP contribution is 2.33. The van der Waals surface area contributed by atoms with Crippen molar-refractivity contribution in [2.45, 2.75) is 19.4 Å². The Kier molecular flexibility index (Phi) is 3.05. The lowest BCUT2D eigenvalue weighted by atomic mass is 10.2. The molecular weight excluding hydrogens is 210 g/mol. The molecule has 0 amide bonds. The lowest BCUT2D eigenvalue weighted by molar-refractivity contribution is -0.386. The summed E-state index contributed by atoms with van der Waals surface area (Å²) < 4.78 is 5.40. The molecule has 0 unspecified atom stereocenters. The summed E-state index contributed by atoms with van der Waals surface area (Å²) in [6, 6.07) is 4.53. The molecule has 1 N–H and O–H groups in total. The molecule has 0 aliphatic heterocycles. The first-order valence-electron chi connectivity index (χ1n) is 5.21. The van der Waals surface area contributed by atoms with E-state index in [0.29, 0.717) is 18.1 Å². The quantitative estimate of drug-likeness (QED) is 0.611. The molecule has 0 atom stereocenters. The van der Waals surface area contributed by atoms with Crippen LogP contribution in [0.1, 0.15) is 18.4 Å². The Morgan fingerprint density at radius 2 is 2.25 bits per heavy atom. The smallest absolute Gasteiger partial charge is 0.311 e. The summed E-state index contributed by atoms with van der Waals surface area (Å²) in [6.45, 7) is 0.336. The van der Waals surface area contributed by atoms with Crippen LogP contribution in [-0.2, 0) is 6.61 Å². The van der Waals surface area contributed by atoms with Gasteiger partial charge in [0.25, 0.3) is 0 Å². The molecule has 2 rings (SSSR count). The average molecular weight is 223 g/mol. The second-order valence-corrected chi connectivity index (χ2v) is 3.97. The second kappa shape index (κ2) is 4.49. The van der Waals surface area contributed by atoms with Gasteiger partial charge in [-0.25, -0.2) is 0 Å². The molecule has 1 saturated carbocycles. The van der Waals surface area contributed by atoms with Gasteiger partial charge in [0.05, 0.1) is 18.1 Å². The lowest BCUT2D eigenvalue weighted by Crippen LogP contribution is -2.02. The topological polar surface area (TPSA) is 72.6 Å². The van der Waals surface area contributed by atoms with Gasteiger partial charge >= 0.3 is 5.69 Å². The lowest BCUT2D eigenvalue weighted by Gasteiger charge is -2.06. The van der Waals surface area contributed by atoms with Crippen LogP contribution in [0.4, 0.5) is 5.69 Å². The molecule has 0 radical (unpaired) electrons. The molecule has 1 fully saturated rings. The van der Waals surface area contributed by atoms with E-state index in [2.05, 4.69) is 0 Å². The highest BCUT2D eigenvalue weighted by molar-refractivity contribution is 5.48. The minimum Gasteiger partial charge on any atom is -0.487 e. The number of aliphatic hydroxyl groups excluding tert-OH is 1. The summed E-state index contributed by atoms with van der Waals surface area (Å²) in [5, 5.41) is 19.7. The van der Waals surface area contributed by atoms with Crippen molar-refractivity contribution in [2.24, 2.45) is 5.92 Å². The third kappa shape index (κ3) is 2.49. The van der Waals surface area contributed by atoms with E-state index in [9.17, 15) is 10.1 Å². The monoisotopic (exact) mass is 223 g/mol. The Morgan fingerprint density at radius 1 is 1.50 bits per heavy atom. The molecule has 16 heavy (non-hydrogen) atoms. The number of nitrogens with zero attached hydrogens (tertiary/aromatic N) is 1. The van der Waals surface area contributed by atoms with Crippen LogP contribution in [-0.4, -0.2) is 16.6 Å². The Morgan fingerprint density at radius 3 is 2.81 bits per heavy atom. The zero-order valence-electron chi connectivity index (χ0n) is 8.76.